The zero-order valence-electron chi connectivity index (χ0n) is 15.0. The van der Waals surface area contributed by atoms with Gasteiger partial charge in [0.05, 0.1) is 27.4 Å². The van der Waals surface area contributed by atoms with E-state index in [1.54, 1.807) is 14.2 Å². The second-order valence-corrected chi connectivity index (χ2v) is 6.07. The lowest BCUT2D eigenvalue weighted by molar-refractivity contribution is -0.107. The Labute approximate surface area is 153 Å². The van der Waals surface area contributed by atoms with Crippen LogP contribution in [0.25, 0.3) is 0 Å². The predicted molar refractivity (Wildman–Crippen MR) is 98.4 cm³/mol. The molecule has 0 amide bonds. The quantitative estimate of drug-likeness (QED) is 0.772. The summed E-state index contributed by atoms with van der Waals surface area (Å²) in [5, 5.41) is 9.71. The van der Waals surface area contributed by atoms with Crippen molar-refractivity contribution < 1.29 is 24.1 Å². The number of aliphatic hydroxyl groups is 1. The molecule has 2 aromatic rings. The first kappa shape index (κ1) is 18.5. The summed E-state index contributed by atoms with van der Waals surface area (Å²) >= 11 is 0. The Hall–Kier alpha value is -2.34. The minimum absolute atomic E-state index is 0.111. The van der Waals surface area contributed by atoms with E-state index in [2.05, 4.69) is 0 Å². The number of benzene rings is 2. The van der Waals surface area contributed by atoms with Crippen molar-refractivity contribution in [1.29, 1.82) is 0 Å². The molecule has 0 fully saturated rings. The van der Waals surface area contributed by atoms with Crippen molar-refractivity contribution in [3.63, 3.8) is 0 Å². The number of methoxy groups -OCH3 is 2. The van der Waals surface area contributed by atoms with Gasteiger partial charge in [-0.3, -0.25) is 0 Å². The van der Waals surface area contributed by atoms with Crippen molar-refractivity contribution in [2.75, 3.05) is 20.8 Å². The van der Waals surface area contributed by atoms with E-state index in [0.717, 1.165) is 11.1 Å². The molecule has 0 saturated carbocycles. The third-order valence-corrected chi connectivity index (χ3v) is 4.33. The molecule has 0 saturated heterocycles. The number of rotatable bonds is 7. The SMILES string of the molecule is COc1cc(CO[C@H]2C=C[C@@H](c3ccccc3)O[C@H]2CO)cc(OC)c1. The first-order valence-electron chi connectivity index (χ1n) is 8.56. The summed E-state index contributed by atoms with van der Waals surface area (Å²) < 4.78 is 22.5. The van der Waals surface area contributed by atoms with Crippen LogP contribution in [0.15, 0.2) is 60.7 Å². The fraction of sp³-hybridized carbons (Fsp3) is 0.333. The lowest BCUT2D eigenvalue weighted by atomic mass is 10.0. The predicted octanol–water partition coefficient (Wildman–Crippen LogP) is 3.28. The molecule has 1 N–H and O–H groups in total. The molecule has 0 radical (unpaired) electrons. The number of ether oxygens (including phenoxy) is 4. The Kier molecular flexibility index (Phi) is 6.28. The maximum absolute atomic E-state index is 9.71. The highest BCUT2D eigenvalue weighted by Gasteiger charge is 2.28. The van der Waals surface area contributed by atoms with Crippen LogP contribution in [0.4, 0.5) is 0 Å². The summed E-state index contributed by atoms with van der Waals surface area (Å²) in [6.07, 6.45) is 3.01. The molecule has 1 heterocycles. The van der Waals surface area contributed by atoms with E-state index in [1.807, 2.05) is 60.7 Å². The van der Waals surface area contributed by atoms with Gasteiger partial charge in [0.1, 0.15) is 29.8 Å². The average Bonchev–Trinajstić information content (AvgIpc) is 2.72. The largest absolute Gasteiger partial charge is 0.497 e. The van der Waals surface area contributed by atoms with Crippen molar-refractivity contribution in [1.82, 2.24) is 0 Å². The third-order valence-electron chi connectivity index (χ3n) is 4.33. The van der Waals surface area contributed by atoms with Crippen LogP contribution >= 0.6 is 0 Å². The van der Waals surface area contributed by atoms with Gasteiger partial charge in [0.2, 0.25) is 0 Å². The molecule has 3 rings (SSSR count). The zero-order valence-corrected chi connectivity index (χ0v) is 15.0. The monoisotopic (exact) mass is 356 g/mol. The molecule has 3 atom stereocenters. The molecule has 2 aromatic carbocycles. The molecule has 0 bridgehead atoms. The summed E-state index contributed by atoms with van der Waals surface area (Å²) in [7, 11) is 3.23. The van der Waals surface area contributed by atoms with Crippen molar-refractivity contribution in [3.8, 4) is 11.5 Å². The summed E-state index contributed by atoms with van der Waals surface area (Å²) in [5.41, 5.74) is 1.98. The van der Waals surface area contributed by atoms with E-state index in [-0.39, 0.29) is 18.8 Å². The molecule has 138 valence electrons. The molecular formula is C21H24O5. The van der Waals surface area contributed by atoms with Gasteiger partial charge < -0.3 is 24.1 Å². The van der Waals surface area contributed by atoms with Gasteiger partial charge in [-0.2, -0.15) is 0 Å². The zero-order chi connectivity index (χ0) is 18.4. The van der Waals surface area contributed by atoms with Crippen molar-refractivity contribution >= 4 is 0 Å². The Bertz CT molecular complexity index is 706. The lowest BCUT2D eigenvalue weighted by Crippen LogP contribution is -2.37. The van der Waals surface area contributed by atoms with E-state index in [1.165, 1.54) is 0 Å². The van der Waals surface area contributed by atoms with Crippen LogP contribution in [0.5, 0.6) is 11.5 Å². The van der Waals surface area contributed by atoms with Crippen LogP contribution in [0, 0.1) is 0 Å². The first-order valence-corrected chi connectivity index (χ1v) is 8.56. The highest BCUT2D eigenvalue weighted by atomic mass is 16.6. The molecule has 1 aliphatic heterocycles. The summed E-state index contributed by atoms with van der Waals surface area (Å²) in [5.74, 6) is 1.42. The fourth-order valence-electron chi connectivity index (χ4n) is 2.93. The first-order chi connectivity index (χ1) is 12.7. The smallest absolute Gasteiger partial charge is 0.122 e. The molecular weight excluding hydrogens is 332 g/mol. The molecule has 5 nitrogen and oxygen atoms in total. The van der Waals surface area contributed by atoms with Crippen LogP contribution in [0.3, 0.4) is 0 Å². The Balaban J connectivity index is 1.68. The van der Waals surface area contributed by atoms with Gasteiger partial charge in [-0.1, -0.05) is 42.5 Å². The normalized spacial score (nSPS) is 22.2. The van der Waals surface area contributed by atoms with Gasteiger partial charge >= 0.3 is 0 Å². The van der Waals surface area contributed by atoms with Gasteiger partial charge in [-0.05, 0) is 23.3 Å². The van der Waals surface area contributed by atoms with Crippen LogP contribution in [0.1, 0.15) is 17.2 Å². The second-order valence-electron chi connectivity index (χ2n) is 6.07. The molecule has 0 unspecified atom stereocenters. The third kappa shape index (κ3) is 4.43. The lowest BCUT2D eigenvalue weighted by Gasteiger charge is -2.31. The summed E-state index contributed by atoms with van der Waals surface area (Å²) in [6, 6.07) is 15.5. The topological polar surface area (TPSA) is 57.2 Å². The molecule has 0 spiro atoms. The van der Waals surface area contributed by atoms with Gasteiger partial charge in [-0.25, -0.2) is 0 Å². The van der Waals surface area contributed by atoms with Crippen LogP contribution in [-0.2, 0) is 16.1 Å². The minimum atomic E-state index is -0.419. The van der Waals surface area contributed by atoms with E-state index in [0.29, 0.717) is 18.1 Å². The number of hydrogen-bond acceptors (Lipinski definition) is 5. The maximum atomic E-state index is 9.71. The van der Waals surface area contributed by atoms with Crippen LogP contribution in [-0.4, -0.2) is 38.1 Å². The van der Waals surface area contributed by atoms with Crippen LogP contribution < -0.4 is 9.47 Å². The fourth-order valence-corrected chi connectivity index (χ4v) is 2.93. The molecule has 1 aliphatic rings. The van der Waals surface area contributed by atoms with Gasteiger partial charge in [0.15, 0.2) is 0 Å². The van der Waals surface area contributed by atoms with Gasteiger partial charge in [-0.15, -0.1) is 0 Å². The van der Waals surface area contributed by atoms with Gasteiger partial charge in [0, 0.05) is 6.07 Å². The molecule has 26 heavy (non-hydrogen) atoms. The number of hydrogen-bond donors (Lipinski definition) is 1. The van der Waals surface area contributed by atoms with E-state index in [4.69, 9.17) is 18.9 Å². The van der Waals surface area contributed by atoms with Crippen LogP contribution in [0.2, 0.25) is 0 Å². The molecule has 5 heteroatoms. The molecule has 0 aliphatic carbocycles. The Morgan fingerprint density at radius 1 is 0.962 bits per heavy atom. The van der Waals surface area contributed by atoms with Crippen molar-refractivity contribution in [2.45, 2.75) is 24.9 Å². The van der Waals surface area contributed by atoms with E-state index in [9.17, 15) is 5.11 Å². The highest BCUT2D eigenvalue weighted by Crippen LogP contribution is 2.28. The number of aliphatic hydroxyl groups excluding tert-OH is 1. The van der Waals surface area contributed by atoms with Crippen molar-refractivity contribution in [3.05, 3.63) is 71.8 Å². The molecule has 0 aromatic heterocycles. The standard InChI is InChI=1S/C21H24O5/c1-23-17-10-15(11-18(12-17)24-2)14-25-20-9-8-19(26-21(20)13-22)16-6-4-3-5-7-16/h3-12,19-22H,13-14H2,1-2H3/t19-,20-,21-/m0/s1. The highest BCUT2D eigenvalue weighted by molar-refractivity contribution is 5.38. The van der Waals surface area contributed by atoms with Gasteiger partial charge in [0.25, 0.3) is 0 Å². The second kappa shape index (κ2) is 8.85. The van der Waals surface area contributed by atoms with Crippen molar-refractivity contribution in [2.24, 2.45) is 0 Å². The minimum Gasteiger partial charge on any atom is -0.497 e. The van der Waals surface area contributed by atoms with E-state index < -0.39 is 6.10 Å². The Morgan fingerprint density at radius 3 is 2.27 bits per heavy atom. The average molecular weight is 356 g/mol. The Morgan fingerprint density at radius 2 is 1.65 bits per heavy atom. The maximum Gasteiger partial charge on any atom is 0.122 e. The summed E-state index contributed by atoms with van der Waals surface area (Å²) in [4.78, 5) is 0. The van der Waals surface area contributed by atoms with E-state index >= 15 is 0 Å². The summed E-state index contributed by atoms with van der Waals surface area (Å²) in [6.45, 7) is 0.248.